The van der Waals surface area contributed by atoms with Crippen LogP contribution < -0.4 is 5.73 Å². The third-order valence-corrected chi connectivity index (χ3v) is 1.55. The summed E-state index contributed by atoms with van der Waals surface area (Å²) < 4.78 is 8.84. The summed E-state index contributed by atoms with van der Waals surface area (Å²) in [6.45, 7) is 2.56. The second-order valence-electron chi connectivity index (χ2n) is 3.27. The Bertz CT molecular complexity index is 240. The summed E-state index contributed by atoms with van der Waals surface area (Å²) in [5.41, 5.74) is 5.39. The first-order chi connectivity index (χ1) is 7.32. The number of aliphatic hydroxyl groups excluding tert-OH is 2. The highest BCUT2D eigenvalue weighted by atomic mass is 16.6. The van der Waals surface area contributed by atoms with E-state index in [0.717, 1.165) is 0 Å². The van der Waals surface area contributed by atoms with Gasteiger partial charge >= 0.3 is 11.9 Å². The van der Waals surface area contributed by atoms with E-state index in [1.54, 1.807) is 0 Å². The molecule has 0 aliphatic rings. The van der Waals surface area contributed by atoms with E-state index in [4.69, 9.17) is 15.9 Å². The smallest absolute Gasteiger partial charge is 0.325 e. The van der Waals surface area contributed by atoms with Crippen molar-refractivity contribution in [2.24, 2.45) is 5.73 Å². The molecule has 0 spiro atoms. The molecule has 3 unspecified atom stereocenters. The van der Waals surface area contributed by atoms with Crippen molar-refractivity contribution < 1.29 is 29.3 Å². The quantitative estimate of drug-likeness (QED) is 0.393. The number of aliphatic hydroxyl groups is 2. The zero-order valence-electron chi connectivity index (χ0n) is 9.25. The van der Waals surface area contributed by atoms with Crippen LogP contribution >= 0.6 is 0 Å². The van der Waals surface area contributed by atoms with Gasteiger partial charge in [0.15, 0.2) is 12.6 Å². The third-order valence-electron chi connectivity index (χ3n) is 1.55. The summed E-state index contributed by atoms with van der Waals surface area (Å²) in [4.78, 5) is 22.0. The Balaban J connectivity index is 3.84. The molecule has 0 aliphatic heterocycles. The fourth-order valence-corrected chi connectivity index (χ4v) is 0.896. The van der Waals surface area contributed by atoms with Gasteiger partial charge in [-0.1, -0.05) is 0 Å². The van der Waals surface area contributed by atoms with Crippen molar-refractivity contribution in [2.75, 3.05) is 0 Å². The van der Waals surface area contributed by atoms with Crippen LogP contribution in [-0.2, 0) is 19.1 Å². The molecule has 0 aromatic carbocycles. The van der Waals surface area contributed by atoms with Gasteiger partial charge in [-0.3, -0.25) is 9.59 Å². The van der Waals surface area contributed by atoms with Gasteiger partial charge < -0.3 is 25.4 Å². The van der Waals surface area contributed by atoms with Gasteiger partial charge in [0.1, 0.15) is 6.04 Å². The molecule has 0 aromatic heterocycles. The topological polar surface area (TPSA) is 119 Å². The normalized spacial score (nSPS) is 16.1. The monoisotopic (exact) mass is 235 g/mol. The second-order valence-corrected chi connectivity index (χ2v) is 3.27. The van der Waals surface area contributed by atoms with Crippen molar-refractivity contribution in [3.05, 3.63) is 0 Å². The van der Waals surface area contributed by atoms with E-state index in [1.165, 1.54) is 13.8 Å². The average Bonchev–Trinajstić information content (AvgIpc) is 2.11. The molecule has 0 saturated carbocycles. The average molecular weight is 235 g/mol. The van der Waals surface area contributed by atoms with E-state index in [1.807, 2.05) is 0 Å². The van der Waals surface area contributed by atoms with Crippen LogP contribution in [0.2, 0.25) is 0 Å². The number of carbonyl (C=O) groups excluding carboxylic acids is 2. The Labute approximate surface area is 93.1 Å². The summed E-state index contributed by atoms with van der Waals surface area (Å²) in [6.07, 6.45) is -2.51. The van der Waals surface area contributed by atoms with Gasteiger partial charge in [-0.15, -0.1) is 0 Å². The van der Waals surface area contributed by atoms with E-state index in [2.05, 4.69) is 9.47 Å². The molecule has 16 heavy (non-hydrogen) atoms. The number of hydrogen-bond donors (Lipinski definition) is 3. The van der Waals surface area contributed by atoms with Gasteiger partial charge in [0.25, 0.3) is 0 Å². The maximum absolute atomic E-state index is 11.1. The van der Waals surface area contributed by atoms with Crippen molar-refractivity contribution in [1.29, 1.82) is 0 Å². The third kappa shape index (κ3) is 7.16. The highest BCUT2D eigenvalue weighted by Crippen LogP contribution is 2.01. The molecule has 0 aromatic rings. The maximum Gasteiger partial charge on any atom is 0.325 e. The van der Waals surface area contributed by atoms with Crippen molar-refractivity contribution >= 4 is 11.9 Å². The van der Waals surface area contributed by atoms with Gasteiger partial charge in [-0.2, -0.15) is 0 Å². The molecule has 0 heterocycles. The fourth-order valence-electron chi connectivity index (χ4n) is 0.896. The van der Waals surface area contributed by atoms with E-state index >= 15 is 0 Å². The number of ether oxygens (including phenoxy) is 2. The van der Waals surface area contributed by atoms with Gasteiger partial charge in [-0.25, -0.2) is 0 Å². The summed E-state index contributed by atoms with van der Waals surface area (Å²) >= 11 is 0. The number of carbonyl (C=O) groups is 2. The lowest BCUT2D eigenvalue weighted by Crippen LogP contribution is -2.35. The van der Waals surface area contributed by atoms with E-state index < -0.39 is 30.6 Å². The highest BCUT2D eigenvalue weighted by molar-refractivity contribution is 5.77. The fraction of sp³-hybridized carbons (Fsp3) is 0.778. The van der Waals surface area contributed by atoms with E-state index in [-0.39, 0.29) is 12.8 Å². The highest BCUT2D eigenvalue weighted by Gasteiger charge is 2.19. The van der Waals surface area contributed by atoms with Gasteiger partial charge in [-0.05, 0) is 20.3 Å². The van der Waals surface area contributed by atoms with Gasteiger partial charge in [0.05, 0.1) is 0 Å². The zero-order chi connectivity index (χ0) is 12.7. The van der Waals surface area contributed by atoms with Crippen molar-refractivity contribution in [3.8, 4) is 0 Å². The Hall–Kier alpha value is -1.18. The molecule has 0 bridgehead atoms. The lowest BCUT2D eigenvalue weighted by molar-refractivity contribution is -0.167. The molecule has 0 aliphatic carbocycles. The first-order valence-electron chi connectivity index (χ1n) is 4.84. The number of nitrogens with two attached hydrogens (primary N) is 1. The SMILES string of the molecule is CC(O)OC(=O)CCC(N)C(=O)OC(C)O. The summed E-state index contributed by atoms with van der Waals surface area (Å²) in [6, 6.07) is -1.00. The minimum atomic E-state index is -1.23. The van der Waals surface area contributed by atoms with Crippen LogP contribution in [0.5, 0.6) is 0 Å². The van der Waals surface area contributed by atoms with Crippen molar-refractivity contribution in [3.63, 3.8) is 0 Å². The molecule has 4 N–H and O–H groups in total. The van der Waals surface area contributed by atoms with Crippen LogP contribution in [0.4, 0.5) is 0 Å². The molecule has 0 radical (unpaired) electrons. The molecule has 0 amide bonds. The Morgan fingerprint density at radius 2 is 1.69 bits per heavy atom. The van der Waals surface area contributed by atoms with Crippen molar-refractivity contribution in [2.45, 2.75) is 45.3 Å². The van der Waals surface area contributed by atoms with Crippen LogP contribution in [0.15, 0.2) is 0 Å². The molecule has 0 fully saturated rings. The summed E-state index contributed by atoms with van der Waals surface area (Å²) in [5.74, 6) is -1.45. The molecule has 3 atom stereocenters. The van der Waals surface area contributed by atoms with Crippen LogP contribution in [0, 0.1) is 0 Å². The standard InChI is InChI=1S/C9H17NO6/c1-5(11)15-8(13)4-3-7(10)9(14)16-6(2)12/h5-7,11-12H,3-4,10H2,1-2H3. The molecule has 0 rings (SSSR count). The van der Waals surface area contributed by atoms with Crippen LogP contribution in [-0.4, -0.2) is 40.8 Å². The molecule has 7 nitrogen and oxygen atoms in total. The minimum absolute atomic E-state index is 0.0249. The first kappa shape index (κ1) is 14.8. The molecule has 7 heteroatoms. The lowest BCUT2D eigenvalue weighted by atomic mass is 10.2. The minimum Gasteiger partial charge on any atom is -0.436 e. The molecular formula is C9H17NO6. The zero-order valence-corrected chi connectivity index (χ0v) is 9.25. The predicted molar refractivity (Wildman–Crippen MR) is 52.8 cm³/mol. The van der Waals surface area contributed by atoms with Crippen LogP contribution in [0.1, 0.15) is 26.7 Å². The van der Waals surface area contributed by atoms with Crippen LogP contribution in [0.25, 0.3) is 0 Å². The Kier molecular flexibility index (Phi) is 6.63. The number of esters is 2. The van der Waals surface area contributed by atoms with Gasteiger partial charge in [0.2, 0.25) is 0 Å². The Morgan fingerprint density at radius 1 is 1.19 bits per heavy atom. The number of rotatable bonds is 6. The summed E-state index contributed by atoms with van der Waals surface area (Å²) in [5, 5.41) is 17.5. The molecular weight excluding hydrogens is 218 g/mol. The second kappa shape index (κ2) is 7.15. The van der Waals surface area contributed by atoms with Gasteiger partial charge in [0, 0.05) is 6.42 Å². The van der Waals surface area contributed by atoms with E-state index in [0.29, 0.717) is 0 Å². The van der Waals surface area contributed by atoms with Crippen LogP contribution in [0.3, 0.4) is 0 Å². The molecule has 0 saturated heterocycles. The van der Waals surface area contributed by atoms with E-state index in [9.17, 15) is 9.59 Å². The van der Waals surface area contributed by atoms with Crippen molar-refractivity contribution in [1.82, 2.24) is 0 Å². The Morgan fingerprint density at radius 3 is 2.12 bits per heavy atom. The number of hydrogen-bond acceptors (Lipinski definition) is 7. The maximum atomic E-state index is 11.1. The predicted octanol–water partition coefficient (Wildman–Crippen LogP) is -1.14. The first-order valence-corrected chi connectivity index (χ1v) is 4.84. The largest absolute Gasteiger partial charge is 0.436 e. The lowest BCUT2D eigenvalue weighted by Gasteiger charge is -2.13. The summed E-state index contributed by atoms with van der Waals surface area (Å²) in [7, 11) is 0. The molecule has 94 valence electrons.